The Kier molecular flexibility index (Phi) is 3.62. The zero-order valence-electron chi connectivity index (χ0n) is 7.91. The van der Waals surface area contributed by atoms with Crippen LogP contribution in [0.3, 0.4) is 0 Å². The Labute approximate surface area is 92.8 Å². The van der Waals surface area contributed by atoms with Gasteiger partial charge in [-0.2, -0.15) is 22.0 Å². The van der Waals surface area contributed by atoms with E-state index in [0.29, 0.717) is 0 Å². The fourth-order valence-corrected chi connectivity index (χ4v) is 1.54. The highest BCUT2D eigenvalue weighted by atomic mass is 35.5. The lowest BCUT2D eigenvalue weighted by Gasteiger charge is -2.15. The molecule has 0 unspecified atom stereocenters. The molecule has 7 heteroatoms. The van der Waals surface area contributed by atoms with Crippen LogP contribution in [0.4, 0.5) is 22.0 Å². The van der Waals surface area contributed by atoms with E-state index >= 15 is 0 Å². The molecular weight excluding hydrogens is 255 g/mol. The minimum atomic E-state index is -4.71. The van der Waals surface area contributed by atoms with E-state index in [1.807, 2.05) is 0 Å². The van der Waals surface area contributed by atoms with Crippen LogP contribution in [-0.2, 0) is 6.18 Å². The molecule has 0 fully saturated rings. The van der Waals surface area contributed by atoms with Crippen molar-refractivity contribution in [2.75, 3.05) is 0 Å². The zero-order valence-corrected chi connectivity index (χ0v) is 8.66. The van der Waals surface area contributed by atoms with Gasteiger partial charge in [-0.25, -0.2) is 0 Å². The number of halogens is 6. The third kappa shape index (κ3) is 2.75. The standard InChI is InChI=1S/C9H6ClF5O/c1-4-6(16-8(11)12)3-2-5(10)7(4)9(13,14)15/h2-3,8H,1H3. The van der Waals surface area contributed by atoms with Gasteiger partial charge >= 0.3 is 12.8 Å². The molecule has 0 bridgehead atoms. The highest BCUT2D eigenvalue weighted by molar-refractivity contribution is 6.31. The van der Waals surface area contributed by atoms with E-state index < -0.39 is 34.7 Å². The maximum Gasteiger partial charge on any atom is 0.418 e. The van der Waals surface area contributed by atoms with Crippen LogP contribution in [0.5, 0.6) is 5.75 Å². The molecule has 0 amide bonds. The van der Waals surface area contributed by atoms with Crippen molar-refractivity contribution in [2.24, 2.45) is 0 Å². The van der Waals surface area contributed by atoms with Crippen LogP contribution >= 0.6 is 11.6 Å². The second-order valence-corrected chi connectivity index (χ2v) is 3.33. The lowest BCUT2D eigenvalue weighted by atomic mass is 10.1. The second-order valence-electron chi connectivity index (χ2n) is 2.92. The topological polar surface area (TPSA) is 9.23 Å². The van der Waals surface area contributed by atoms with Gasteiger partial charge in [-0.05, 0) is 19.1 Å². The van der Waals surface area contributed by atoms with E-state index in [2.05, 4.69) is 4.74 Å². The molecule has 1 nitrogen and oxygen atoms in total. The molecular formula is C9H6ClF5O. The fraction of sp³-hybridized carbons (Fsp3) is 0.333. The Balaban J connectivity index is 3.28. The molecule has 1 aromatic rings. The average molecular weight is 261 g/mol. The SMILES string of the molecule is Cc1c(OC(F)F)ccc(Cl)c1C(F)(F)F. The van der Waals surface area contributed by atoms with E-state index in [1.165, 1.54) is 0 Å². The largest absolute Gasteiger partial charge is 0.435 e. The number of hydrogen-bond donors (Lipinski definition) is 0. The van der Waals surface area contributed by atoms with Crippen molar-refractivity contribution < 1.29 is 26.7 Å². The molecule has 0 aliphatic heterocycles. The van der Waals surface area contributed by atoms with Gasteiger partial charge in [0, 0.05) is 5.56 Å². The van der Waals surface area contributed by atoms with Crippen LogP contribution in [0, 0.1) is 6.92 Å². The molecule has 0 spiro atoms. The summed E-state index contributed by atoms with van der Waals surface area (Å²) in [4.78, 5) is 0. The molecule has 0 saturated carbocycles. The van der Waals surface area contributed by atoms with Crippen molar-refractivity contribution in [3.05, 3.63) is 28.3 Å². The van der Waals surface area contributed by atoms with Gasteiger partial charge in [0.1, 0.15) is 5.75 Å². The molecule has 0 N–H and O–H groups in total. The molecule has 0 heterocycles. The normalized spacial score (nSPS) is 12.0. The summed E-state index contributed by atoms with van der Waals surface area (Å²) < 4.78 is 65.2. The Morgan fingerprint density at radius 1 is 1.25 bits per heavy atom. The van der Waals surface area contributed by atoms with Crippen molar-refractivity contribution >= 4 is 11.6 Å². The summed E-state index contributed by atoms with van der Waals surface area (Å²) in [5, 5.41) is -0.549. The smallest absolute Gasteiger partial charge is 0.418 e. The summed E-state index contributed by atoms with van der Waals surface area (Å²) in [5.41, 5.74) is -1.62. The minimum absolute atomic E-state index is 0.458. The van der Waals surface area contributed by atoms with Gasteiger partial charge in [-0.15, -0.1) is 0 Å². The van der Waals surface area contributed by atoms with Crippen molar-refractivity contribution in [1.82, 2.24) is 0 Å². The number of benzene rings is 1. The maximum atomic E-state index is 12.5. The highest BCUT2D eigenvalue weighted by Crippen LogP contribution is 2.40. The number of alkyl halides is 5. The van der Waals surface area contributed by atoms with Crippen molar-refractivity contribution in [1.29, 1.82) is 0 Å². The van der Waals surface area contributed by atoms with E-state index in [1.54, 1.807) is 0 Å². The Morgan fingerprint density at radius 3 is 2.25 bits per heavy atom. The second kappa shape index (κ2) is 4.45. The van der Waals surface area contributed by atoms with Crippen molar-refractivity contribution in [3.63, 3.8) is 0 Å². The monoisotopic (exact) mass is 260 g/mol. The van der Waals surface area contributed by atoms with Gasteiger partial charge in [0.05, 0.1) is 10.6 Å². The number of ether oxygens (including phenoxy) is 1. The fourth-order valence-electron chi connectivity index (χ4n) is 1.23. The summed E-state index contributed by atoms with van der Waals surface area (Å²) in [6, 6.07) is 1.84. The summed E-state index contributed by atoms with van der Waals surface area (Å²) in [7, 11) is 0. The summed E-state index contributed by atoms with van der Waals surface area (Å²) >= 11 is 5.36. The van der Waals surface area contributed by atoms with Crippen LogP contribution in [0.1, 0.15) is 11.1 Å². The summed E-state index contributed by atoms with van der Waals surface area (Å²) in [5.74, 6) is -0.535. The van der Waals surface area contributed by atoms with Gasteiger partial charge < -0.3 is 4.74 Å². The predicted molar refractivity (Wildman–Crippen MR) is 47.8 cm³/mol. The first-order chi connectivity index (χ1) is 7.23. The maximum absolute atomic E-state index is 12.5. The molecule has 1 rings (SSSR count). The van der Waals surface area contributed by atoms with E-state index in [9.17, 15) is 22.0 Å². The Morgan fingerprint density at radius 2 is 1.81 bits per heavy atom. The molecule has 0 aliphatic rings. The lowest BCUT2D eigenvalue weighted by molar-refractivity contribution is -0.138. The van der Waals surface area contributed by atoms with Crippen molar-refractivity contribution in [2.45, 2.75) is 19.7 Å². The lowest BCUT2D eigenvalue weighted by Crippen LogP contribution is -2.11. The summed E-state index contributed by atoms with van der Waals surface area (Å²) in [6.07, 6.45) is -4.71. The average Bonchev–Trinajstić information content (AvgIpc) is 2.07. The van der Waals surface area contributed by atoms with Crippen molar-refractivity contribution in [3.8, 4) is 5.75 Å². The first-order valence-electron chi connectivity index (χ1n) is 4.04. The van der Waals surface area contributed by atoms with Gasteiger partial charge in [-0.1, -0.05) is 11.6 Å². The highest BCUT2D eigenvalue weighted by Gasteiger charge is 2.36. The molecule has 1 aromatic carbocycles. The van der Waals surface area contributed by atoms with Gasteiger partial charge in [-0.3, -0.25) is 0 Å². The van der Waals surface area contributed by atoms with Crippen LogP contribution in [0.25, 0.3) is 0 Å². The molecule has 0 saturated heterocycles. The van der Waals surface area contributed by atoms with Crippen LogP contribution in [0.15, 0.2) is 12.1 Å². The molecule has 0 radical (unpaired) electrons. The first kappa shape index (κ1) is 13.0. The van der Waals surface area contributed by atoms with E-state index in [4.69, 9.17) is 11.6 Å². The number of hydrogen-bond acceptors (Lipinski definition) is 1. The van der Waals surface area contributed by atoms with Crippen LogP contribution in [-0.4, -0.2) is 6.61 Å². The Hall–Kier alpha value is -1.04. The van der Waals surface area contributed by atoms with Crippen LogP contribution in [0.2, 0.25) is 5.02 Å². The predicted octanol–water partition coefficient (Wildman–Crippen LogP) is 4.27. The van der Waals surface area contributed by atoms with E-state index in [0.717, 1.165) is 19.1 Å². The van der Waals surface area contributed by atoms with Gasteiger partial charge in [0.25, 0.3) is 0 Å². The van der Waals surface area contributed by atoms with Gasteiger partial charge in [0.15, 0.2) is 0 Å². The first-order valence-corrected chi connectivity index (χ1v) is 4.42. The molecule has 0 aromatic heterocycles. The zero-order chi connectivity index (χ0) is 12.5. The Bertz CT molecular complexity index is 388. The summed E-state index contributed by atoms with van der Waals surface area (Å²) in [6.45, 7) is -2.16. The van der Waals surface area contributed by atoms with Gasteiger partial charge in [0.2, 0.25) is 0 Å². The number of rotatable bonds is 2. The quantitative estimate of drug-likeness (QED) is 0.722. The molecule has 0 atom stereocenters. The third-order valence-corrected chi connectivity index (χ3v) is 2.18. The molecule has 90 valence electrons. The minimum Gasteiger partial charge on any atom is -0.435 e. The van der Waals surface area contributed by atoms with E-state index in [-0.39, 0.29) is 0 Å². The molecule has 16 heavy (non-hydrogen) atoms. The van der Waals surface area contributed by atoms with Crippen LogP contribution < -0.4 is 4.74 Å². The third-order valence-electron chi connectivity index (χ3n) is 1.86. The molecule has 0 aliphatic carbocycles.